The lowest BCUT2D eigenvalue weighted by molar-refractivity contribution is 0.182. The first-order chi connectivity index (χ1) is 9.29. The van der Waals surface area contributed by atoms with Crippen LogP contribution in [0.2, 0.25) is 0 Å². The largest absolute Gasteiger partial charge is 0.396 e. The van der Waals surface area contributed by atoms with Crippen LogP contribution in [0.3, 0.4) is 0 Å². The average Bonchev–Trinajstić information content (AvgIpc) is 2.48. The molecule has 4 nitrogen and oxygen atoms in total. The van der Waals surface area contributed by atoms with Crippen molar-refractivity contribution < 1.29 is 5.11 Å². The smallest absolute Gasteiger partial charge is 0.272 e. The molecular formula is C15H18N2O2. The van der Waals surface area contributed by atoms with Gasteiger partial charge < -0.3 is 5.11 Å². The third-order valence-electron chi connectivity index (χ3n) is 4.22. The first-order valence-electron chi connectivity index (χ1n) is 6.87. The molecule has 1 aromatic carbocycles. The number of aromatic nitrogens is 2. The zero-order chi connectivity index (χ0) is 13.2. The van der Waals surface area contributed by atoms with E-state index in [0.29, 0.717) is 11.8 Å². The Morgan fingerprint density at radius 2 is 1.84 bits per heavy atom. The van der Waals surface area contributed by atoms with Crippen molar-refractivity contribution in [2.75, 3.05) is 6.61 Å². The lowest BCUT2D eigenvalue weighted by Gasteiger charge is -2.27. The summed E-state index contributed by atoms with van der Waals surface area (Å²) in [5.41, 5.74) is 0.884. The molecule has 0 radical (unpaired) electrons. The second kappa shape index (κ2) is 5.13. The van der Waals surface area contributed by atoms with Gasteiger partial charge >= 0.3 is 0 Å². The lowest BCUT2D eigenvalue weighted by Crippen LogP contribution is -2.19. The van der Waals surface area contributed by atoms with Gasteiger partial charge in [-0.05, 0) is 37.7 Å². The molecule has 0 atom stereocenters. The Morgan fingerprint density at radius 3 is 2.53 bits per heavy atom. The fraction of sp³-hybridized carbons (Fsp3) is 0.467. The number of H-pyrrole nitrogens is 1. The lowest BCUT2D eigenvalue weighted by atomic mass is 9.80. The maximum atomic E-state index is 11.8. The second-order valence-corrected chi connectivity index (χ2v) is 5.38. The average molecular weight is 258 g/mol. The second-order valence-electron chi connectivity index (χ2n) is 5.38. The van der Waals surface area contributed by atoms with Crippen molar-refractivity contribution in [3.63, 3.8) is 0 Å². The van der Waals surface area contributed by atoms with Gasteiger partial charge in [0.15, 0.2) is 0 Å². The minimum atomic E-state index is -0.122. The Balaban J connectivity index is 1.98. The van der Waals surface area contributed by atoms with Crippen molar-refractivity contribution >= 4 is 10.8 Å². The molecule has 0 aliphatic heterocycles. The molecule has 0 spiro atoms. The highest BCUT2D eigenvalue weighted by molar-refractivity contribution is 5.83. The summed E-state index contributed by atoms with van der Waals surface area (Å²) in [6.45, 7) is 0.284. The molecule has 2 aromatic rings. The molecule has 1 aliphatic rings. The predicted molar refractivity (Wildman–Crippen MR) is 74.1 cm³/mol. The summed E-state index contributed by atoms with van der Waals surface area (Å²) in [5.74, 6) is 0.829. The first kappa shape index (κ1) is 12.4. The van der Waals surface area contributed by atoms with Gasteiger partial charge in [-0.2, -0.15) is 5.10 Å². The number of hydrogen-bond donors (Lipinski definition) is 2. The number of benzene rings is 1. The third-order valence-corrected chi connectivity index (χ3v) is 4.22. The van der Waals surface area contributed by atoms with Crippen LogP contribution in [0.4, 0.5) is 0 Å². The van der Waals surface area contributed by atoms with E-state index in [1.165, 1.54) is 0 Å². The summed E-state index contributed by atoms with van der Waals surface area (Å²) < 4.78 is 0. The molecule has 1 saturated carbocycles. The third kappa shape index (κ3) is 2.28. The normalized spacial score (nSPS) is 23.6. The number of rotatable bonds is 2. The Bertz CT molecular complexity index is 627. The molecule has 19 heavy (non-hydrogen) atoms. The van der Waals surface area contributed by atoms with Crippen molar-refractivity contribution in [2.45, 2.75) is 31.6 Å². The van der Waals surface area contributed by atoms with Crippen molar-refractivity contribution in [2.24, 2.45) is 5.92 Å². The SMILES string of the molecule is O=c1[nH]nc(C2CCC(CO)CC2)c2ccccc12. The van der Waals surface area contributed by atoms with E-state index in [1.54, 1.807) is 0 Å². The molecule has 0 bridgehead atoms. The molecular weight excluding hydrogens is 240 g/mol. The van der Waals surface area contributed by atoms with Gasteiger partial charge in [-0.25, -0.2) is 5.10 Å². The monoisotopic (exact) mass is 258 g/mol. The van der Waals surface area contributed by atoms with E-state index in [-0.39, 0.29) is 12.2 Å². The van der Waals surface area contributed by atoms with Gasteiger partial charge in [0.1, 0.15) is 0 Å². The standard InChI is InChI=1S/C15H18N2O2/c18-9-10-5-7-11(8-6-10)14-12-3-1-2-4-13(12)15(19)17-16-14/h1-4,10-11,18H,5-9H2,(H,17,19). The molecule has 100 valence electrons. The quantitative estimate of drug-likeness (QED) is 0.867. The number of aliphatic hydroxyl groups excluding tert-OH is 1. The van der Waals surface area contributed by atoms with Crippen LogP contribution >= 0.6 is 0 Å². The maximum Gasteiger partial charge on any atom is 0.272 e. The molecule has 0 amide bonds. The summed E-state index contributed by atoms with van der Waals surface area (Å²) in [6, 6.07) is 7.65. The molecule has 1 fully saturated rings. The number of hydrogen-bond acceptors (Lipinski definition) is 3. The van der Waals surface area contributed by atoms with Crippen LogP contribution in [0.5, 0.6) is 0 Å². The van der Waals surface area contributed by atoms with Gasteiger partial charge in [-0.3, -0.25) is 4.79 Å². The Kier molecular flexibility index (Phi) is 3.34. The van der Waals surface area contributed by atoms with Crippen molar-refractivity contribution in [3.8, 4) is 0 Å². The van der Waals surface area contributed by atoms with E-state index in [9.17, 15) is 9.90 Å². The molecule has 3 rings (SSSR count). The van der Waals surface area contributed by atoms with Gasteiger partial charge in [0.2, 0.25) is 0 Å². The van der Waals surface area contributed by atoms with Crippen molar-refractivity contribution in [3.05, 3.63) is 40.3 Å². The van der Waals surface area contributed by atoms with Crippen molar-refractivity contribution in [1.82, 2.24) is 10.2 Å². The Morgan fingerprint density at radius 1 is 1.16 bits per heavy atom. The predicted octanol–water partition coefficient (Wildman–Crippen LogP) is 2.19. The van der Waals surface area contributed by atoms with Gasteiger partial charge in [0.05, 0.1) is 11.1 Å². The fourth-order valence-electron chi connectivity index (χ4n) is 3.07. The van der Waals surface area contributed by atoms with E-state index in [0.717, 1.165) is 42.1 Å². The molecule has 0 saturated heterocycles. The van der Waals surface area contributed by atoms with Gasteiger partial charge in [-0.1, -0.05) is 18.2 Å². The van der Waals surface area contributed by atoms with E-state index < -0.39 is 0 Å². The van der Waals surface area contributed by atoms with Crippen molar-refractivity contribution in [1.29, 1.82) is 0 Å². The van der Waals surface area contributed by atoms with Crippen LogP contribution in [0.15, 0.2) is 29.1 Å². The summed E-state index contributed by atoms with van der Waals surface area (Å²) in [4.78, 5) is 11.8. The maximum absolute atomic E-state index is 11.8. The van der Waals surface area contributed by atoms with Crippen LogP contribution in [-0.2, 0) is 0 Å². The number of aliphatic hydroxyl groups is 1. The van der Waals surface area contributed by atoms with Crippen LogP contribution < -0.4 is 5.56 Å². The highest BCUT2D eigenvalue weighted by Crippen LogP contribution is 2.36. The topological polar surface area (TPSA) is 66.0 Å². The number of nitrogens with zero attached hydrogens (tertiary/aromatic N) is 1. The fourth-order valence-corrected chi connectivity index (χ4v) is 3.07. The molecule has 0 unspecified atom stereocenters. The minimum absolute atomic E-state index is 0.122. The molecule has 1 aromatic heterocycles. The molecule has 1 aliphatic carbocycles. The number of aromatic amines is 1. The summed E-state index contributed by atoms with van der Waals surface area (Å²) in [5, 5.41) is 17.8. The number of fused-ring (bicyclic) bond motifs is 1. The van der Waals surface area contributed by atoms with Crippen LogP contribution in [0, 0.1) is 5.92 Å². The zero-order valence-corrected chi connectivity index (χ0v) is 10.8. The van der Waals surface area contributed by atoms with E-state index in [4.69, 9.17) is 0 Å². The van der Waals surface area contributed by atoms with Crippen LogP contribution in [0.1, 0.15) is 37.3 Å². The van der Waals surface area contributed by atoms with Gasteiger partial charge in [0, 0.05) is 17.9 Å². The molecule has 1 heterocycles. The highest BCUT2D eigenvalue weighted by Gasteiger charge is 2.24. The molecule has 2 N–H and O–H groups in total. The van der Waals surface area contributed by atoms with E-state index in [1.807, 2.05) is 24.3 Å². The highest BCUT2D eigenvalue weighted by atomic mass is 16.3. The van der Waals surface area contributed by atoms with Crippen LogP contribution in [0.25, 0.3) is 10.8 Å². The van der Waals surface area contributed by atoms with E-state index in [2.05, 4.69) is 10.2 Å². The van der Waals surface area contributed by atoms with Crippen LogP contribution in [-0.4, -0.2) is 21.9 Å². The summed E-state index contributed by atoms with van der Waals surface area (Å²) in [6.07, 6.45) is 4.15. The number of nitrogens with one attached hydrogen (secondary N) is 1. The summed E-state index contributed by atoms with van der Waals surface area (Å²) >= 11 is 0. The van der Waals surface area contributed by atoms with Gasteiger partial charge in [0.25, 0.3) is 5.56 Å². The minimum Gasteiger partial charge on any atom is -0.396 e. The molecule has 4 heteroatoms. The summed E-state index contributed by atoms with van der Waals surface area (Å²) in [7, 11) is 0. The first-order valence-corrected chi connectivity index (χ1v) is 6.87. The zero-order valence-electron chi connectivity index (χ0n) is 10.8. The Labute approximate surface area is 111 Å². The van der Waals surface area contributed by atoms with E-state index >= 15 is 0 Å². The Hall–Kier alpha value is -1.68. The van der Waals surface area contributed by atoms with Gasteiger partial charge in [-0.15, -0.1) is 0 Å².